The molecule has 1 aliphatic carbocycles. The van der Waals surface area contributed by atoms with Crippen LogP contribution in [0.25, 0.3) is 0 Å². The van der Waals surface area contributed by atoms with E-state index >= 15 is 0 Å². The summed E-state index contributed by atoms with van der Waals surface area (Å²) in [4.78, 5) is 0. The predicted octanol–water partition coefficient (Wildman–Crippen LogP) is 3.57. The molecule has 0 spiro atoms. The van der Waals surface area contributed by atoms with Gasteiger partial charge in [-0.25, -0.2) is 0 Å². The molecule has 0 atom stereocenters. The molecule has 0 aromatic carbocycles. The Kier molecular flexibility index (Phi) is 3.39. The summed E-state index contributed by atoms with van der Waals surface area (Å²) in [6.07, 6.45) is -2.38. The molecule has 0 aromatic heterocycles. The van der Waals surface area contributed by atoms with E-state index in [0.29, 0.717) is 12.8 Å². The van der Waals surface area contributed by atoms with Crippen LogP contribution in [0.2, 0.25) is 0 Å². The second-order valence-corrected chi connectivity index (χ2v) is 3.37. The lowest BCUT2D eigenvalue weighted by molar-refractivity contribution is -0.105. The van der Waals surface area contributed by atoms with Crippen molar-refractivity contribution in [1.29, 1.82) is 0 Å². The topological polar surface area (TPSA) is 9.23 Å². The number of ether oxygens (including phenoxy) is 1. The van der Waals surface area contributed by atoms with Crippen LogP contribution in [-0.4, -0.2) is 13.3 Å². The Balaban J connectivity index is 2.93. The van der Waals surface area contributed by atoms with E-state index < -0.39 is 23.7 Å². The first-order valence-corrected chi connectivity index (χ1v) is 4.47. The van der Waals surface area contributed by atoms with E-state index in [2.05, 4.69) is 4.74 Å². The van der Waals surface area contributed by atoms with Crippen LogP contribution >= 0.6 is 0 Å². The Labute approximate surface area is 79.7 Å². The predicted molar refractivity (Wildman–Crippen MR) is 43.2 cm³/mol. The van der Waals surface area contributed by atoms with Gasteiger partial charge in [-0.2, -0.15) is 17.6 Å². The summed E-state index contributed by atoms with van der Waals surface area (Å²) in [6.45, 7) is 0. The van der Waals surface area contributed by atoms with Gasteiger partial charge in [0.05, 0.1) is 7.11 Å². The molecule has 1 aliphatic rings. The molecule has 0 radical (unpaired) electrons. The number of rotatable bonds is 2. The third-order valence-corrected chi connectivity index (χ3v) is 2.46. The lowest BCUT2D eigenvalue weighted by Gasteiger charge is -2.17. The van der Waals surface area contributed by atoms with Crippen molar-refractivity contribution >= 4 is 0 Å². The van der Waals surface area contributed by atoms with Crippen molar-refractivity contribution in [3.8, 4) is 0 Å². The van der Waals surface area contributed by atoms with E-state index in [-0.39, 0.29) is 0 Å². The number of alkyl halides is 3. The summed E-state index contributed by atoms with van der Waals surface area (Å²) in [7, 11) is 0.913. The van der Waals surface area contributed by atoms with Gasteiger partial charge in [0, 0.05) is 0 Å². The van der Waals surface area contributed by atoms with Gasteiger partial charge in [-0.15, -0.1) is 0 Å². The lowest BCUT2D eigenvalue weighted by Crippen LogP contribution is -2.20. The van der Waals surface area contributed by atoms with E-state index in [1.54, 1.807) is 0 Å². The first-order valence-electron chi connectivity index (χ1n) is 4.47. The van der Waals surface area contributed by atoms with Gasteiger partial charge in [-0.1, -0.05) is 12.8 Å². The minimum Gasteiger partial charge on any atom is -0.474 e. The van der Waals surface area contributed by atoms with Gasteiger partial charge in [-0.05, 0) is 18.8 Å². The Hall–Kier alpha value is -0.740. The molecule has 0 amide bonds. The Morgan fingerprint density at radius 1 is 1.21 bits per heavy atom. The van der Waals surface area contributed by atoms with Crippen molar-refractivity contribution in [2.24, 2.45) is 5.92 Å². The van der Waals surface area contributed by atoms with Crippen molar-refractivity contribution in [3.63, 3.8) is 0 Å². The zero-order valence-corrected chi connectivity index (χ0v) is 7.83. The standard InChI is InChI=1S/C9H12F4O/c1-14-8(10)7(9(11,12)13)6-4-2-3-5-6/h6H,2-5H2,1H3/b8-7+. The number of hydrogen-bond donors (Lipinski definition) is 0. The highest BCUT2D eigenvalue weighted by molar-refractivity contribution is 5.15. The average molecular weight is 212 g/mol. The van der Waals surface area contributed by atoms with Gasteiger partial charge in [0.2, 0.25) is 0 Å². The summed E-state index contributed by atoms with van der Waals surface area (Å²) in [5.74, 6) is -0.727. The Morgan fingerprint density at radius 2 is 1.71 bits per heavy atom. The zero-order valence-electron chi connectivity index (χ0n) is 7.83. The van der Waals surface area contributed by atoms with E-state index in [1.807, 2.05) is 0 Å². The molecule has 1 saturated carbocycles. The highest BCUT2D eigenvalue weighted by atomic mass is 19.4. The minimum atomic E-state index is -4.62. The third kappa shape index (κ3) is 2.39. The van der Waals surface area contributed by atoms with Gasteiger partial charge < -0.3 is 4.74 Å². The van der Waals surface area contributed by atoms with Gasteiger partial charge >= 0.3 is 6.18 Å². The van der Waals surface area contributed by atoms with Gasteiger partial charge in [0.1, 0.15) is 5.57 Å². The van der Waals surface area contributed by atoms with Crippen molar-refractivity contribution < 1.29 is 22.3 Å². The van der Waals surface area contributed by atoms with Crippen molar-refractivity contribution in [2.45, 2.75) is 31.9 Å². The monoisotopic (exact) mass is 212 g/mol. The van der Waals surface area contributed by atoms with Crippen LogP contribution in [0.15, 0.2) is 11.6 Å². The molecule has 0 bridgehead atoms. The van der Waals surface area contributed by atoms with Crippen LogP contribution in [0.4, 0.5) is 17.6 Å². The molecule has 0 aliphatic heterocycles. The summed E-state index contributed by atoms with van der Waals surface area (Å²) < 4.78 is 54.2. The van der Waals surface area contributed by atoms with Crippen molar-refractivity contribution in [2.75, 3.05) is 7.11 Å². The summed E-state index contributed by atoms with van der Waals surface area (Å²) in [5.41, 5.74) is -1.13. The molecule has 5 heteroatoms. The quantitative estimate of drug-likeness (QED) is 0.502. The minimum absolute atomic E-state index is 0.394. The van der Waals surface area contributed by atoms with Gasteiger partial charge in [0.15, 0.2) is 0 Å². The highest BCUT2D eigenvalue weighted by Crippen LogP contribution is 2.42. The van der Waals surface area contributed by atoms with Gasteiger partial charge in [-0.3, -0.25) is 0 Å². The molecule has 0 heterocycles. The van der Waals surface area contributed by atoms with Crippen LogP contribution in [0.3, 0.4) is 0 Å². The van der Waals surface area contributed by atoms with Crippen molar-refractivity contribution in [3.05, 3.63) is 11.6 Å². The summed E-state index contributed by atoms with van der Waals surface area (Å²) in [6, 6.07) is -1.48. The maximum Gasteiger partial charge on any atom is 0.418 e. The maximum absolute atomic E-state index is 12.9. The average Bonchev–Trinajstić information content (AvgIpc) is 2.54. The Morgan fingerprint density at radius 3 is 2.07 bits per heavy atom. The largest absolute Gasteiger partial charge is 0.474 e. The number of allylic oxidation sites excluding steroid dienone is 1. The molecule has 14 heavy (non-hydrogen) atoms. The van der Waals surface area contributed by atoms with Crippen LogP contribution in [0.5, 0.6) is 0 Å². The van der Waals surface area contributed by atoms with Crippen LogP contribution in [-0.2, 0) is 4.74 Å². The fourth-order valence-corrected chi connectivity index (χ4v) is 1.83. The summed E-state index contributed by atoms with van der Waals surface area (Å²) >= 11 is 0. The zero-order chi connectivity index (χ0) is 10.8. The third-order valence-electron chi connectivity index (χ3n) is 2.46. The normalized spacial score (nSPS) is 20.9. The first-order chi connectivity index (χ1) is 6.46. The highest BCUT2D eigenvalue weighted by Gasteiger charge is 2.43. The van der Waals surface area contributed by atoms with E-state index in [4.69, 9.17) is 0 Å². The number of methoxy groups -OCH3 is 1. The molecule has 1 fully saturated rings. The van der Waals surface area contributed by atoms with Crippen molar-refractivity contribution in [1.82, 2.24) is 0 Å². The Bertz CT molecular complexity index is 225. The van der Waals surface area contributed by atoms with E-state index in [1.165, 1.54) is 0 Å². The SMILES string of the molecule is CO/C(F)=C(\C1CCCC1)C(F)(F)F. The molecule has 82 valence electrons. The van der Waals surface area contributed by atoms with Crippen LogP contribution < -0.4 is 0 Å². The molecule has 0 N–H and O–H groups in total. The molecule has 0 unspecified atom stereocenters. The second-order valence-electron chi connectivity index (χ2n) is 3.37. The fourth-order valence-electron chi connectivity index (χ4n) is 1.83. The summed E-state index contributed by atoms with van der Waals surface area (Å²) in [5, 5.41) is 0. The maximum atomic E-state index is 12.9. The smallest absolute Gasteiger partial charge is 0.418 e. The molecule has 0 aromatic rings. The van der Waals surface area contributed by atoms with E-state index in [0.717, 1.165) is 20.0 Å². The second kappa shape index (κ2) is 4.19. The molecular weight excluding hydrogens is 200 g/mol. The molecule has 0 saturated heterocycles. The molecular formula is C9H12F4O. The fraction of sp³-hybridized carbons (Fsp3) is 0.778. The van der Waals surface area contributed by atoms with E-state index in [9.17, 15) is 17.6 Å². The van der Waals surface area contributed by atoms with Gasteiger partial charge in [0.25, 0.3) is 6.01 Å². The van der Waals surface area contributed by atoms with Crippen LogP contribution in [0.1, 0.15) is 25.7 Å². The number of halogens is 4. The van der Waals surface area contributed by atoms with Crippen LogP contribution in [0, 0.1) is 5.92 Å². The number of hydrogen-bond acceptors (Lipinski definition) is 1. The first kappa shape index (κ1) is 11.3. The molecule has 1 rings (SSSR count). The molecule has 1 nitrogen and oxygen atoms in total. The lowest BCUT2D eigenvalue weighted by atomic mass is 9.98.